The second kappa shape index (κ2) is 15.8. The number of amides is 2. The number of benzene rings is 2. The quantitative estimate of drug-likeness (QED) is 0.235. The van der Waals surface area contributed by atoms with Gasteiger partial charge in [0.15, 0.2) is 23.5 Å². The number of carbonyl (C=O) groups excluding carboxylic acids is 2. The molecule has 2 aromatic carbocycles. The van der Waals surface area contributed by atoms with Crippen molar-refractivity contribution >= 4 is 23.7 Å². The number of alkyl halides is 3. The number of ether oxygens (including phenoxy) is 3. The maximum atomic E-state index is 12.1. The second-order valence-electron chi connectivity index (χ2n) is 8.47. The zero-order chi connectivity index (χ0) is 30.5. The van der Waals surface area contributed by atoms with Crippen LogP contribution in [0.3, 0.4) is 0 Å². The number of primary amides is 1. The number of carboxylic acid groups (broad SMARTS) is 1. The number of carboxylic acids is 1. The van der Waals surface area contributed by atoms with Crippen LogP contribution >= 0.6 is 0 Å². The van der Waals surface area contributed by atoms with E-state index in [4.69, 9.17) is 20.9 Å². The monoisotopic (exact) mass is 570 g/mol. The van der Waals surface area contributed by atoms with Crippen LogP contribution in [-0.2, 0) is 16.0 Å². The van der Waals surface area contributed by atoms with Gasteiger partial charge in [-0.25, -0.2) is 9.79 Å². The minimum atomic E-state index is -4.77. The van der Waals surface area contributed by atoms with Crippen molar-refractivity contribution in [3.8, 4) is 17.2 Å². The molecular formula is C26H33F3N4O7. The van der Waals surface area contributed by atoms with Crippen molar-refractivity contribution < 1.29 is 46.9 Å². The number of methoxy groups -OCH3 is 2. The van der Waals surface area contributed by atoms with Crippen LogP contribution < -0.4 is 31.0 Å². The van der Waals surface area contributed by atoms with Gasteiger partial charge in [-0.3, -0.25) is 14.9 Å². The zero-order valence-electron chi connectivity index (χ0n) is 22.4. The summed E-state index contributed by atoms with van der Waals surface area (Å²) in [5.74, 6) is -1.67. The van der Waals surface area contributed by atoms with Gasteiger partial charge >= 0.3 is 12.3 Å². The van der Waals surface area contributed by atoms with Gasteiger partial charge in [-0.2, -0.15) is 0 Å². The van der Waals surface area contributed by atoms with E-state index in [1.807, 2.05) is 13.8 Å². The normalized spacial score (nSPS) is 12.7. The van der Waals surface area contributed by atoms with E-state index in [1.54, 1.807) is 18.2 Å². The Bertz CT molecular complexity index is 1190. The smallest absolute Gasteiger partial charge is 0.493 e. The molecule has 0 spiro atoms. The minimum Gasteiger partial charge on any atom is -0.493 e. The number of aliphatic imine (C=N–C) groups is 1. The molecule has 220 valence electrons. The van der Waals surface area contributed by atoms with Gasteiger partial charge in [0.05, 0.1) is 20.6 Å². The molecule has 6 N–H and O–H groups in total. The van der Waals surface area contributed by atoms with Crippen molar-refractivity contribution in [3.05, 3.63) is 53.6 Å². The van der Waals surface area contributed by atoms with E-state index >= 15 is 0 Å². The number of nitrogens with zero attached hydrogens (tertiary/aromatic N) is 1. The molecule has 0 aliphatic rings. The molecular weight excluding hydrogens is 537 g/mol. The molecule has 2 aromatic rings. The molecule has 2 unspecified atom stereocenters. The number of guanidine groups is 1. The lowest BCUT2D eigenvalue weighted by atomic mass is 10.00. The highest BCUT2D eigenvalue weighted by Crippen LogP contribution is 2.27. The van der Waals surface area contributed by atoms with Gasteiger partial charge in [0.1, 0.15) is 5.75 Å². The first-order valence-corrected chi connectivity index (χ1v) is 11.9. The van der Waals surface area contributed by atoms with Crippen LogP contribution in [0.5, 0.6) is 17.2 Å². The van der Waals surface area contributed by atoms with E-state index < -0.39 is 35.9 Å². The average molecular weight is 571 g/mol. The maximum absolute atomic E-state index is 12.1. The topological polar surface area (TPSA) is 176 Å². The van der Waals surface area contributed by atoms with Crippen molar-refractivity contribution in [2.75, 3.05) is 14.2 Å². The molecule has 0 aliphatic carbocycles. The first-order valence-electron chi connectivity index (χ1n) is 11.9. The summed E-state index contributed by atoms with van der Waals surface area (Å²) in [4.78, 5) is 37.9. The van der Waals surface area contributed by atoms with Crippen molar-refractivity contribution in [1.82, 2.24) is 5.32 Å². The third-order valence-corrected chi connectivity index (χ3v) is 5.33. The largest absolute Gasteiger partial charge is 0.573 e. The number of nitrogens with two attached hydrogens (primary N) is 2. The van der Waals surface area contributed by atoms with Gasteiger partial charge in [-0.05, 0) is 48.2 Å². The molecule has 0 heterocycles. The highest BCUT2D eigenvalue weighted by Gasteiger charge is 2.31. The molecule has 0 saturated heterocycles. The van der Waals surface area contributed by atoms with Crippen LogP contribution in [0.15, 0.2) is 47.5 Å². The van der Waals surface area contributed by atoms with E-state index in [9.17, 15) is 32.7 Å². The van der Waals surface area contributed by atoms with Crippen LogP contribution in [0.25, 0.3) is 0 Å². The SMILES string of the molecule is CCC(C)CC(N=C(N)NC(=O)Cc1ccc(OC)c(OC)c1)C(=O)O.NC(=O)c1cccc(OC(F)(F)F)c1. The van der Waals surface area contributed by atoms with Gasteiger partial charge in [-0.1, -0.05) is 32.4 Å². The van der Waals surface area contributed by atoms with Crippen LogP contribution in [0.2, 0.25) is 0 Å². The molecule has 0 fully saturated rings. The lowest BCUT2D eigenvalue weighted by molar-refractivity contribution is -0.274. The molecule has 2 rings (SSSR count). The van der Waals surface area contributed by atoms with Gasteiger partial charge in [-0.15, -0.1) is 13.2 Å². The van der Waals surface area contributed by atoms with Crippen LogP contribution in [0.4, 0.5) is 13.2 Å². The summed E-state index contributed by atoms with van der Waals surface area (Å²) in [6.45, 7) is 3.92. The predicted molar refractivity (Wildman–Crippen MR) is 140 cm³/mol. The fraction of sp³-hybridized carbons (Fsp3) is 0.385. The lowest BCUT2D eigenvalue weighted by Gasteiger charge is -2.14. The Kier molecular flexibility index (Phi) is 13.3. The number of hydrogen-bond acceptors (Lipinski definition) is 7. The Balaban J connectivity index is 0.000000479. The average Bonchev–Trinajstić information content (AvgIpc) is 2.87. The summed E-state index contributed by atoms with van der Waals surface area (Å²) in [5.41, 5.74) is 11.2. The molecule has 2 atom stereocenters. The molecule has 2 amide bonds. The minimum absolute atomic E-state index is 0.0354. The van der Waals surface area contributed by atoms with E-state index in [1.165, 1.54) is 26.4 Å². The van der Waals surface area contributed by atoms with Gasteiger partial charge in [0, 0.05) is 5.56 Å². The fourth-order valence-corrected chi connectivity index (χ4v) is 3.17. The number of rotatable bonds is 11. The zero-order valence-corrected chi connectivity index (χ0v) is 22.4. The van der Waals surface area contributed by atoms with Gasteiger partial charge in [0.2, 0.25) is 11.8 Å². The highest BCUT2D eigenvalue weighted by atomic mass is 19.4. The van der Waals surface area contributed by atoms with E-state index in [-0.39, 0.29) is 23.9 Å². The third kappa shape index (κ3) is 12.4. The van der Waals surface area contributed by atoms with Crippen LogP contribution in [-0.4, -0.2) is 55.5 Å². The van der Waals surface area contributed by atoms with Crippen LogP contribution in [0.1, 0.15) is 42.6 Å². The summed E-state index contributed by atoms with van der Waals surface area (Å²) < 4.78 is 49.1. The van der Waals surface area contributed by atoms with Crippen molar-refractivity contribution in [2.24, 2.45) is 22.4 Å². The fourth-order valence-electron chi connectivity index (χ4n) is 3.17. The molecule has 40 heavy (non-hydrogen) atoms. The number of hydrogen-bond donors (Lipinski definition) is 4. The van der Waals surface area contributed by atoms with E-state index in [2.05, 4.69) is 15.0 Å². The Morgan fingerprint density at radius 1 is 1.05 bits per heavy atom. The Morgan fingerprint density at radius 3 is 2.23 bits per heavy atom. The molecule has 0 saturated carbocycles. The van der Waals surface area contributed by atoms with Gasteiger partial charge in [0.25, 0.3) is 0 Å². The molecule has 0 bridgehead atoms. The van der Waals surface area contributed by atoms with Gasteiger partial charge < -0.3 is 30.8 Å². The van der Waals surface area contributed by atoms with E-state index in [0.717, 1.165) is 18.6 Å². The summed E-state index contributed by atoms with van der Waals surface area (Å²) in [7, 11) is 3.04. The molecule has 14 heteroatoms. The first kappa shape index (κ1) is 33.5. The molecule has 0 radical (unpaired) electrons. The number of carbonyl (C=O) groups is 3. The van der Waals surface area contributed by atoms with Crippen LogP contribution in [0, 0.1) is 5.92 Å². The molecule has 11 nitrogen and oxygen atoms in total. The van der Waals surface area contributed by atoms with Crippen molar-refractivity contribution in [3.63, 3.8) is 0 Å². The number of aliphatic carboxylic acids is 1. The van der Waals surface area contributed by atoms with Crippen molar-refractivity contribution in [1.29, 1.82) is 0 Å². The summed E-state index contributed by atoms with van der Waals surface area (Å²) in [6, 6.07) is 8.70. The number of halogens is 3. The predicted octanol–water partition coefficient (Wildman–Crippen LogP) is 3.25. The first-order chi connectivity index (χ1) is 18.7. The summed E-state index contributed by atoms with van der Waals surface area (Å²) >= 11 is 0. The standard InChI is InChI=1S/C18H27N3O5.C8H6F3NO2/c1-5-11(2)8-13(17(23)24)20-18(19)21-16(22)10-12-6-7-14(25-3)15(9-12)26-4;9-8(10,11)14-6-3-1-2-5(4-6)7(12)13/h6-7,9,11,13H,5,8,10H2,1-4H3,(H,23,24)(H3,19,20,21,22);1-4H,(H2,12,13). The molecule has 0 aliphatic heterocycles. The Labute approximate surface area is 229 Å². The lowest BCUT2D eigenvalue weighted by Crippen LogP contribution is -2.39. The maximum Gasteiger partial charge on any atom is 0.573 e. The molecule has 0 aromatic heterocycles. The second-order valence-corrected chi connectivity index (χ2v) is 8.47. The number of nitrogens with one attached hydrogen (secondary N) is 1. The van der Waals surface area contributed by atoms with E-state index in [0.29, 0.717) is 23.5 Å². The van der Waals surface area contributed by atoms with Crippen molar-refractivity contribution in [2.45, 2.75) is 45.5 Å². The Morgan fingerprint density at radius 2 is 1.70 bits per heavy atom. The summed E-state index contributed by atoms with van der Waals surface area (Å²) in [5, 5.41) is 11.7. The summed E-state index contributed by atoms with van der Waals surface area (Å²) in [6.07, 6.45) is -3.53. The highest BCUT2D eigenvalue weighted by molar-refractivity contribution is 5.97. The Hall–Kier alpha value is -4.49. The third-order valence-electron chi connectivity index (χ3n) is 5.33.